The molecule has 0 unspecified atom stereocenters. The van der Waals surface area contributed by atoms with Gasteiger partial charge in [-0.3, -0.25) is 9.89 Å². The molecule has 0 radical (unpaired) electrons. The average molecular weight is 240 g/mol. The van der Waals surface area contributed by atoms with Gasteiger partial charge in [0, 0.05) is 13.1 Å². The number of aromatic nitrogens is 2. The van der Waals surface area contributed by atoms with E-state index in [4.69, 9.17) is 5.73 Å². The number of H-pyrrole nitrogens is 1. The number of aryl methyl sites for hydroxylation is 1. The first-order chi connectivity index (χ1) is 8.04. The van der Waals surface area contributed by atoms with Crippen molar-refractivity contribution in [3.8, 4) is 0 Å². The maximum absolute atomic E-state index is 12.0. The van der Waals surface area contributed by atoms with Gasteiger partial charge in [-0.25, -0.2) is 0 Å². The highest BCUT2D eigenvalue weighted by atomic mass is 16.3. The molecule has 2 rings (SSSR count). The van der Waals surface area contributed by atoms with Crippen LogP contribution in [-0.2, 0) is 6.42 Å². The van der Waals surface area contributed by atoms with Gasteiger partial charge in [-0.1, -0.05) is 6.92 Å². The van der Waals surface area contributed by atoms with Crippen LogP contribution in [0.25, 0.3) is 0 Å². The van der Waals surface area contributed by atoms with Crippen LogP contribution in [0.3, 0.4) is 0 Å². The number of hydrogen-bond acceptors (Lipinski definition) is 5. The molecule has 0 saturated carbocycles. The highest BCUT2D eigenvalue weighted by Gasteiger charge is 2.34. The Labute approximate surface area is 98.2 Å². The van der Waals surface area contributed by atoms with E-state index in [1.165, 1.54) is 4.90 Å². The second kappa shape index (κ2) is 4.34. The molecule has 0 aromatic carbocycles. The van der Waals surface area contributed by atoms with Crippen molar-refractivity contribution in [3.05, 3.63) is 11.4 Å². The molecule has 7 nitrogen and oxygen atoms in total. The molecule has 1 fully saturated rings. The van der Waals surface area contributed by atoms with Gasteiger partial charge >= 0.3 is 0 Å². The van der Waals surface area contributed by atoms with Crippen molar-refractivity contribution >= 4 is 11.6 Å². The molecule has 2 heterocycles. The summed E-state index contributed by atoms with van der Waals surface area (Å²) in [5.74, 6) is -0.367. The number of likely N-dealkylation sites (tertiary alicyclic amines) is 1. The predicted octanol–water partition coefficient (Wildman–Crippen LogP) is -1.27. The summed E-state index contributed by atoms with van der Waals surface area (Å²) in [5.41, 5.74) is 7.00. The van der Waals surface area contributed by atoms with Crippen LogP contribution < -0.4 is 5.73 Å². The van der Waals surface area contributed by atoms with E-state index in [2.05, 4.69) is 10.2 Å². The van der Waals surface area contributed by atoms with E-state index in [0.717, 1.165) is 0 Å². The van der Waals surface area contributed by atoms with Gasteiger partial charge < -0.3 is 20.8 Å². The Bertz CT molecular complexity index is 421. The minimum Gasteiger partial charge on any atom is -0.395 e. The predicted molar refractivity (Wildman–Crippen MR) is 60.3 cm³/mol. The average Bonchev–Trinajstić information content (AvgIpc) is 2.82. The summed E-state index contributed by atoms with van der Waals surface area (Å²) in [6.07, 6.45) is -1.13. The summed E-state index contributed by atoms with van der Waals surface area (Å²) in [5, 5.41) is 25.3. The number of aliphatic hydroxyl groups is 2. The first kappa shape index (κ1) is 11.9. The Hall–Kier alpha value is -1.60. The highest BCUT2D eigenvalue weighted by Crippen LogP contribution is 2.19. The summed E-state index contributed by atoms with van der Waals surface area (Å²) in [7, 11) is 0. The molecule has 1 amide bonds. The number of anilines is 1. The number of carbonyl (C=O) groups is 1. The number of nitrogens with two attached hydrogens (primary N) is 1. The third kappa shape index (κ3) is 1.98. The summed E-state index contributed by atoms with van der Waals surface area (Å²) < 4.78 is 0. The normalized spacial score (nSPS) is 24.3. The van der Waals surface area contributed by atoms with Crippen molar-refractivity contribution in [1.82, 2.24) is 15.1 Å². The summed E-state index contributed by atoms with van der Waals surface area (Å²) in [6, 6.07) is 0. The van der Waals surface area contributed by atoms with Crippen LogP contribution in [0.1, 0.15) is 23.1 Å². The van der Waals surface area contributed by atoms with E-state index in [1.807, 2.05) is 6.92 Å². The molecule has 1 saturated heterocycles. The van der Waals surface area contributed by atoms with Gasteiger partial charge in [0.15, 0.2) is 5.69 Å². The van der Waals surface area contributed by atoms with Gasteiger partial charge in [0.25, 0.3) is 5.91 Å². The molecular formula is C10H16N4O3. The molecule has 7 heteroatoms. The van der Waals surface area contributed by atoms with Crippen LogP contribution in [0, 0.1) is 0 Å². The Morgan fingerprint density at radius 2 is 2.12 bits per heavy atom. The molecule has 0 aliphatic carbocycles. The molecule has 1 aromatic rings. The van der Waals surface area contributed by atoms with E-state index < -0.39 is 12.2 Å². The molecule has 1 aliphatic heterocycles. The topological polar surface area (TPSA) is 115 Å². The van der Waals surface area contributed by atoms with Crippen LogP contribution in [0.5, 0.6) is 0 Å². The first-order valence-corrected chi connectivity index (χ1v) is 5.52. The van der Waals surface area contributed by atoms with Crippen LogP contribution in [-0.4, -0.2) is 56.5 Å². The largest absolute Gasteiger partial charge is 0.395 e. The molecule has 17 heavy (non-hydrogen) atoms. The van der Waals surface area contributed by atoms with E-state index in [-0.39, 0.29) is 24.7 Å². The highest BCUT2D eigenvalue weighted by molar-refractivity contribution is 5.97. The van der Waals surface area contributed by atoms with Gasteiger partial charge in [0.1, 0.15) is 0 Å². The van der Waals surface area contributed by atoms with E-state index in [1.54, 1.807) is 0 Å². The van der Waals surface area contributed by atoms with Crippen molar-refractivity contribution < 1.29 is 15.0 Å². The monoisotopic (exact) mass is 240 g/mol. The lowest BCUT2D eigenvalue weighted by atomic mass is 10.2. The van der Waals surface area contributed by atoms with Crippen LogP contribution in [0.4, 0.5) is 5.69 Å². The number of β-amino-alcohol motifs (C(OH)–C–C–N with tert-alkyl or cyclic N) is 2. The number of nitrogens with one attached hydrogen (secondary N) is 1. The number of aromatic amines is 1. The van der Waals surface area contributed by atoms with Crippen LogP contribution >= 0.6 is 0 Å². The number of rotatable bonds is 2. The lowest BCUT2D eigenvalue weighted by Crippen LogP contribution is -2.30. The van der Waals surface area contributed by atoms with Crippen molar-refractivity contribution in [2.45, 2.75) is 25.6 Å². The zero-order valence-electron chi connectivity index (χ0n) is 9.55. The smallest absolute Gasteiger partial charge is 0.276 e. The number of nitrogen functional groups attached to an aromatic ring is 1. The van der Waals surface area contributed by atoms with Gasteiger partial charge in [-0.15, -0.1) is 0 Å². The standard InChI is InChI=1S/C10H16N4O3/c1-2-5-8(11)9(13-12-5)10(17)14-3-6(15)7(16)4-14/h6-7,15-16H,2-4,11H2,1H3,(H,12,13)/t6-,7+. The summed E-state index contributed by atoms with van der Waals surface area (Å²) in [4.78, 5) is 13.4. The third-order valence-electron chi connectivity index (χ3n) is 2.99. The molecule has 1 aliphatic rings. The molecule has 94 valence electrons. The zero-order chi connectivity index (χ0) is 12.6. The van der Waals surface area contributed by atoms with Gasteiger partial charge in [-0.05, 0) is 6.42 Å². The molecule has 0 spiro atoms. The second-order valence-corrected chi connectivity index (χ2v) is 4.16. The van der Waals surface area contributed by atoms with E-state index in [0.29, 0.717) is 17.8 Å². The Morgan fingerprint density at radius 1 is 1.53 bits per heavy atom. The van der Waals surface area contributed by atoms with E-state index in [9.17, 15) is 15.0 Å². The van der Waals surface area contributed by atoms with Crippen LogP contribution in [0.2, 0.25) is 0 Å². The fourth-order valence-corrected chi connectivity index (χ4v) is 1.90. The molecule has 1 aromatic heterocycles. The number of aliphatic hydroxyl groups excluding tert-OH is 2. The summed E-state index contributed by atoms with van der Waals surface area (Å²) in [6.45, 7) is 2.11. The minimum absolute atomic E-state index is 0.105. The number of hydrogen-bond donors (Lipinski definition) is 4. The quantitative estimate of drug-likeness (QED) is 0.514. The molecule has 5 N–H and O–H groups in total. The molecule has 2 atom stereocenters. The van der Waals surface area contributed by atoms with Crippen LogP contribution in [0.15, 0.2) is 0 Å². The minimum atomic E-state index is -0.898. The number of carbonyl (C=O) groups excluding carboxylic acids is 1. The lowest BCUT2D eigenvalue weighted by molar-refractivity contribution is 0.0572. The SMILES string of the molecule is CCc1[nH]nc(C(=O)N2C[C@@H](O)[C@@H](O)C2)c1N. The maximum atomic E-state index is 12.0. The number of amides is 1. The number of nitrogens with zero attached hydrogens (tertiary/aromatic N) is 2. The fraction of sp³-hybridized carbons (Fsp3) is 0.600. The second-order valence-electron chi connectivity index (χ2n) is 4.16. The lowest BCUT2D eigenvalue weighted by Gasteiger charge is -2.13. The zero-order valence-corrected chi connectivity index (χ0v) is 9.55. The van der Waals surface area contributed by atoms with Gasteiger partial charge in [-0.2, -0.15) is 5.10 Å². The first-order valence-electron chi connectivity index (χ1n) is 5.52. The Morgan fingerprint density at radius 3 is 2.59 bits per heavy atom. The third-order valence-corrected chi connectivity index (χ3v) is 2.99. The molecule has 0 bridgehead atoms. The summed E-state index contributed by atoms with van der Waals surface area (Å²) >= 11 is 0. The van der Waals surface area contributed by atoms with Gasteiger partial charge in [0.2, 0.25) is 0 Å². The fourth-order valence-electron chi connectivity index (χ4n) is 1.90. The van der Waals surface area contributed by atoms with E-state index >= 15 is 0 Å². The van der Waals surface area contributed by atoms with Crippen molar-refractivity contribution in [2.24, 2.45) is 0 Å². The van der Waals surface area contributed by atoms with Gasteiger partial charge in [0.05, 0.1) is 23.6 Å². The Kier molecular flexibility index (Phi) is 3.03. The molecular weight excluding hydrogens is 224 g/mol. The van der Waals surface area contributed by atoms with Crippen molar-refractivity contribution in [3.63, 3.8) is 0 Å². The van der Waals surface area contributed by atoms with Crippen molar-refractivity contribution in [1.29, 1.82) is 0 Å². The Balaban J connectivity index is 2.17. The van der Waals surface area contributed by atoms with Crippen molar-refractivity contribution in [2.75, 3.05) is 18.8 Å². The maximum Gasteiger partial charge on any atom is 0.276 e.